The maximum atomic E-state index is 12.0. The largest absolute Gasteiger partial charge is 0.364 e. The van der Waals surface area contributed by atoms with Crippen molar-refractivity contribution in [3.8, 4) is 0 Å². The first-order valence-corrected chi connectivity index (χ1v) is 7.03. The third-order valence-corrected chi connectivity index (χ3v) is 3.40. The van der Waals surface area contributed by atoms with Gasteiger partial charge in [-0.05, 0) is 24.0 Å². The first-order valence-electron chi connectivity index (χ1n) is 7.03. The predicted molar refractivity (Wildman–Crippen MR) is 83.5 cm³/mol. The molecular weight excluding hydrogens is 264 g/mol. The summed E-state index contributed by atoms with van der Waals surface area (Å²) in [6.45, 7) is 6.46. The molecule has 1 amide bonds. The molecule has 0 radical (unpaired) electrons. The molecule has 1 heterocycles. The van der Waals surface area contributed by atoms with Crippen LogP contribution in [0.15, 0.2) is 41.3 Å². The van der Waals surface area contributed by atoms with Crippen molar-refractivity contribution in [1.29, 1.82) is 0 Å². The SMILES string of the molecule is Cc1cc(=O)c(C(=O)NCc2ccc(C(C)C)cc2)c[nH]1. The Labute approximate surface area is 124 Å². The summed E-state index contributed by atoms with van der Waals surface area (Å²) < 4.78 is 0. The molecule has 0 aliphatic heterocycles. The maximum Gasteiger partial charge on any atom is 0.257 e. The third-order valence-electron chi connectivity index (χ3n) is 3.40. The minimum absolute atomic E-state index is 0.138. The second-order valence-corrected chi connectivity index (χ2v) is 5.47. The molecule has 0 fully saturated rings. The highest BCUT2D eigenvalue weighted by Crippen LogP contribution is 2.14. The molecule has 0 unspecified atom stereocenters. The monoisotopic (exact) mass is 284 g/mol. The summed E-state index contributed by atoms with van der Waals surface area (Å²) in [5.74, 6) is 0.129. The molecule has 110 valence electrons. The topological polar surface area (TPSA) is 62.0 Å². The Bertz CT molecular complexity index is 685. The summed E-state index contributed by atoms with van der Waals surface area (Å²) in [5.41, 5.74) is 2.88. The zero-order valence-corrected chi connectivity index (χ0v) is 12.6. The van der Waals surface area contributed by atoms with Crippen molar-refractivity contribution in [3.63, 3.8) is 0 Å². The van der Waals surface area contributed by atoms with Crippen LogP contribution in [0, 0.1) is 6.92 Å². The molecule has 2 aromatic rings. The second kappa shape index (κ2) is 6.39. The first-order chi connectivity index (χ1) is 9.97. The third kappa shape index (κ3) is 3.81. The molecule has 1 aromatic heterocycles. The lowest BCUT2D eigenvalue weighted by molar-refractivity contribution is 0.0949. The number of nitrogens with one attached hydrogen (secondary N) is 2. The number of H-pyrrole nitrogens is 1. The van der Waals surface area contributed by atoms with Gasteiger partial charge in [0.2, 0.25) is 0 Å². The summed E-state index contributed by atoms with van der Waals surface area (Å²) in [4.78, 5) is 26.6. The zero-order valence-electron chi connectivity index (χ0n) is 12.6. The molecule has 0 aliphatic carbocycles. The molecule has 1 aromatic carbocycles. The van der Waals surface area contributed by atoms with Crippen LogP contribution in [-0.2, 0) is 6.54 Å². The lowest BCUT2D eigenvalue weighted by atomic mass is 10.0. The van der Waals surface area contributed by atoms with Crippen LogP contribution in [0.3, 0.4) is 0 Å². The average Bonchev–Trinajstić information content (AvgIpc) is 2.45. The number of aromatic nitrogens is 1. The zero-order chi connectivity index (χ0) is 15.4. The molecule has 0 saturated heterocycles. The van der Waals surface area contributed by atoms with Crippen molar-refractivity contribution in [2.75, 3.05) is 0 Å². The Morgan fingerprint density at radius 1 is 1.24 bits per heavy atom. The summed E-state index contributed by atoms with van der Waals surface area (Å²) >= 11 is 0. The van der Waals surface area contributed by atoms with E-state index in [0.717, 1.165) is 11.3 Å². The Balaban J connectivity index is 2.02. The van der Waals surface area contributed by atoms with E-state index in [1.165, 1.54) is 17.8 Å². The lowest BCUT2D eigenvalue weighted by Gasteiger charge is -2.08. The smallest absolute Gasteiger partial charge is 0.257 e. The Hall–Kier alpha value is -2.36. The van der Waals surface area contributed by atoms with Crippen molar-refractivity contribution in [3.05, 3.63) is 69.1 Å². The number of rotatable bonds is 4. The highest BCUT2D eigenvalue weighted by atomic mass is 16.2. The summed E-state index contributed by atoms with van der Waals surface area (Å²) in [6.07, 6.45) is 1.45. The summed E-state index contributed by atoms with van der Waals surface area (Å²) in [7, 11) is 0. The summed E-state index contributed by atoms with van der Waals surface area (Å²) in [6, 6.07) is 9.53. The van der Waals surface area contributed by atoms with Gasteiger partial charge < -0.3 is 10.3 Å². The van der Waals surface area contributed by atoms with Crippen molar-refractivity contribution < 1.29 is 4.79 Å². The van der Waals surface area contributed by atoms with Crippen molar-refractivity contribution >= 4 is 5.91 Å². The minimum atomic E-state index is -0.357. The highest BCUT2D eigenvalue weighted by molar-refractivity contribution is 5.93. The quantitative estimate of drug-likeness (QED) is 0.906. The second-order valence-electron chi connectivity index (χ2n) is 5.47. The van der Waals surface area contributed by atoms with Gasteiger partial charge in [0.05, 0.1) is 0 Å². The maximum absolute atomic E-state index is 12.0. The number of aryl methyl sites for hydroxylation is 1. The van der Waals surface area contributed by atoms with E-state index < -0.39 is 0 Å². The average molecular weight is 284 g/mol. The van der Waals surface area contributed by atoms with Gasteiger partial charge in [-0.2, -0.15) is 0 Å². The van der Waals surface area contributed by atoms with Crippen LogP contribution in [-0.4, -0.2) is 10.9 Å². The lowest BCUT2D eigenvalue weighted by Crippen LogP contribution is -2.28. The van der Waals surface area contributed by atoms with Crippen molar-refractivity contribution in [1.82, 2.24) is 10.3 Å². The minimum Gasteiger partial charge on any atom is -0.364 e. The number of carbonyl (C=O) groups is 1. The predicted octanol–water partition coefficient (Wildman–Crippen LogP) is 2.74. The molecule has 4 heteroatoms. The Morgan fingerprint density at radius 3 is 2.48 bits per heavy atom. The number of carbonyl (C=O) groups excluding carboxylic acids is 1. The van der Waals surface area contributed by atoms with Crippen molar-refractivity contribution in [2.24, 2.45) is 0 Å². The fraction of sp³-hybridized carbons (Fsp3) is 0.294. The van der Waals surface area contributed by atoms with Gasteiger partial charge in [-0.3, -0.25) is 9.59 Å². The van der Waals surface area contributed by atoms with E-state index in [2.05, 4.69) is 36.3 Å². The molecule has 2 N–H and O–H groups in total. The number of pyridine rings is 1. The van der Waals surface area contributed by atoms with Crippen LogP contribution in [0.5, 0.6) is 0 Å². The fourth-order valence-electron chi connectivity index (χ4n) is 2.05. The molecule has 2 rings (SSSR count). The standard InChI is InChI=1S/C17H20N2O2/c1-11(2)14-6-4-13(5-7-14)9-19-17(21)15-10-18-12(3)8-16(15)20/h4-8,10-11H,9H2,1-3H3,(H,18,20)(H,19,21). The van der Waals surface area contributed by atoms with Crippen LogP contribution >= 0.6 is 0 Å². The molecule has 0 bridgehead atoms. The first kappa shape index (κ1) is 15.0. The van der Waals surface area contributed by atoms with Crippen LogP contribution < -0.4 is 10.7 Å². The highest BCUT2D eigenvalue weighted by Gasteiger charge is 2.09. The van der Waals surface area contributed by atoms with E-state index in [-0.39, 0.29) is 16.9 Å². The van der Waals surface area contributed by atoms with Gasteiger partial charge in [-0.15, -0.1) is 0 Å². The molecule has 0 spiro atoms. The van der Waals surface area contributed by atoms with Gasteiger partial charge in [0.15, 0.2) is 5.43 Å². The van der Waals surface area contributed by atoms with Gasteiger partial charge in [0.25, 0.3) is 5.91 Å². The molecule has 0 atom stereocenters. The Morgan fingerprint density at radius 2 is 1.90 bits per heavy atom. The number of amides is 1. The van der Waals surface area contributed by atoms with E-state index >= 15 is 0 Å². The van der Waals surface area contributed by atoms with Crippen LogP contribution in [0.1, 0.15) is 46.9 Å². The molecule has 0 aliphatic rings. The van der Waals surface area contributed by atoms with Crippen LogP contribution in [0.25, 0.3) is 0 Å². The fourth-order valence-corrected chi connectivity index (χ4v) is 2.05. The van der Waals surface area contributed by atoms with E-state index in [0.29, 0.717) is 12.5 Å². The van der Waals surface area contributed by atoms with E-state index in [1.807, 2.05) is 12.1 Å². The van der Waals surface area contributed by atoms with Gasteiger partial charge in [0.1, 0.15) is 5.56 Å². The number of hydrogen-bond acceptors (Lipinski definition) is 2. The van der Waals surface area contributed by atoms with E-state index in [4.69, 9.17) is 0 Å². The van der Waals surface area contributed by atoms with Gasteiger partial charge in [-0.1, -0.05) is 38.1 Å². The van der Waals surface area contributed by atoms with Gasteiger partial charge >= 0.3 is 0 Å². The van der Waals surface area contributed by atoms with Crippen molar-refractivity contribution in [2.45, 2.75) is 33.2 Å². The van der Waals surface area contributed by atoms with Crippen LogP contribution in [0.4, 0.5) is 0 Å². The normalized spacial score (nSPS) is 10.7. The van der Waals surface area contributed by atoms with E-state index in [9.17, 15) is 9.59 Å². The summed E-state index contributed by atoms with van der Waals surface area (Å²) in [5, 5.41) is 2.77. The molecular formula is C17H20N2O2. The molecule has 21 heavy (non-hydrogen) atoms. The van der Waals surface area contributed by atoms with Gasteiger partial charge in [0, 0.05) is 24.5 Å². The van der Waals surface area contributed by atoms with E-state index in [1.54, 1.807) is 6.92 Å². The number of hydrogen-bond donors (Lipinski definition) is 2. The Kier molecular flexibility index (Phi) is 4.58. The molecule has 0 saturated carbocycles. The molecule has 4 nitrogen and oxygen atoms in total. The number of benzene rings is 1. The van der Waals surface area contributed by atoms with Crippen LogP contribution in [0.2, 0.25) is 0 Å². The number of aromatic amines is 1. The van der Waals surface area contributed by atoms with Gasteiger partial charge in [-0.25, -0.2) is 0 Å².